The zero-order valence-corrected chi connectivity index (χ0v) is 10.7. The van der Waals surface area contributed by atoms with Crippen molar-refractivity contribution < 1.29 is 14.8 Å². The minimum Gasteiger partial charge on any atom is -0.477 e. The highest BCUT2D eigenvalue weighted by Gasteiger charge is 2.20. The molecule has 0 spiro atoms. The van der Waals surface area contributed by atoms with E-state index in [0.717, 1.165) is 0 Å². The monoisotopic (exact) mass is 282 g/mol. The van der Waals surface area contributed by atoms with Gasteiger partial charge in [-0.05, 0) is 30.3 Å². The molecule has 2 aromatic carbocycles. The molecule has 6 nitrogen and oxygen atoms in total. The van der Waals surface area contributed by atoms with Crippen LogP contribution < -0.4 is 5.32 Å². The number of nitro groups is 1. The molecule has 0 atom stereocenters. The highest BCUT2D eigenvalue weighted by atomic mass is 16.6. The molecule has 0 fully saturated rings. The van der Waals surface area contributed by atoms with Crippen molar-refractivity contribution in [3.05, 3.63) is 63.7 Å². The second-order valence-electron chi connectivity index (χ2n) is 4.14. The number of carbonyl (C=O) groups is 1. The Morgan fingerprint density at radius 3 is 2.57 bits per heavy atom. The molecule has 0 saturated heterocycles. The SMILES string of the molecule is C#Cc1cccc(Nc2ccc(C(=O)O)c([N+](=O)[O-])c2)c1. The fourth-order valence-electron chi connectivity index (χ4n) is 1.79. The van der Waals surface area contributed by atoms with E-state index in [2.05, 4.69) is 11.2 Å². The maximum absolute atomic E-state index is 10.9. The van der Waals surface area contributed by atoms with Crippen LogP contribution in [0.5, 0.6) is 0 Å². The smallest absolute Gasteiger partial charge is 0.342 e. The Hall–Kier alpha value is -3.33. The number of benzene rings is 2. The van der Waals surface area contributed by atoms with Gasteiger partial charge in [0.2, 0.25) is 0 Å². The van der Waals surface area contributed by atoms with Crippen LogP contribution in [-0.2, 0) is 0 Å². The number of carboxylic acid groups (broad SMARTS) is 1. The van der Waals surface area contributed by atoms with Gasteiger partial charge in [0.15, 0.2) is 0 Å². The number of terminal acetylenes is 1. The lowest BCUT2D eigenvalue weighted by Gasteiger charge is -2.07. The van der Waals surface area contributed by atoms with E-state index in [1.165, 1.54) is 18.2 Å². The van der Waals surface area contributed by atoms with Crippen molar-refractivity contribution >= 4 is 23.0 Å². The Labute approximate surface area is 120 Å². The Morgan fingerprint density at radius 2 is 1.95 bits per heavy atom. The summed E-state index contributed by atoms with van der Waals surface area (Å²) in [5.74, 6) is 1.14. The van der Waals surface area contributed by atoms with Crippen LogP contribution >= 0.6 is 0 Å². The van der Waals surface area contributed by atoms with E-state index >= 15 is 0 Å². The number of carboxylic acids is 1. The molecule has 0 aliphatic heterocycles. The molecular formula is C15H10N2O4. The molecule has 0 radical (unpaired) electrons. The molecule has 6 heteroatoms. The van der Waals surface area contributed by atoms with Gasteiger partial charge in [-0.15, -0.1) is 6.42 Å². The number of hydrogen-bond acceptors (Lipinski definition) is 4. The molecule has 0 amide bonds. The van der Waals surface area contributed by atoms with E-state index < -0.39 is 16.6 Å². The number of nitrogens with one attached hydrogen (secondary N) is 1. The number of anilines is 2. The molecule has 0 heterocycles. The van der Waals surface area contributed by atoms with Crippen LogP contribution in [0.1, 0.15) is 15.9 Å². The van der Waals surface area contributed by atoms with Crippen LogP contribution in [0.15, 0.2) is 42.5 Å². The summed E-state index contributed by atoms with van der Waals surface area (Å²) < 4.78 is 0. The van der Waals surface area contributed by atoms with Gasteiger partial charge in [0.1, 0.15) is 5.56 Å². The van der Waals surface area contributed by atoms with Crippen molar-refractivity contribution in [2.75, 3.05) is 5.32 Å². The lowest BCUT2D eigenvalue weighted by molar-refractivity contribution is -0.385. The third-order valence-corrected chi connectivity index (χ3v) is 2.74. The lowest BCUT2D eigenvalue weighted by atomic mass is 10.1. The van der Waals surface area contributed by atoms with Crippen LogP contribution in [0, 0.1) is 22.5 Å². The Balaban J connectivity index is 2.37. The fraction of sp³-hybridized carbons (Fsp3) is 0. The number of nitro benzene ring substituents is 1. The summed E-state index contributed by atoms with van der Waals surface area (Å²) in [6.07, 6.45) is 5.30. The van der Waals surface area contributed by atoms with E-state index in [4.69, 9.17) is 11.5 Å². The van der Waals surface area contributed by atoms with Gasteiger partial charge in [-0.25, -0.2) is 4.79 Å². The topological polar surface area (TPSA) is 92.5 Å². The summed E-state index contributed by atoms with van der Waals surface area (Å²) in [5.41, 5.74) is 0.892. The quantitative estimate of drug-likeness (QED) is 0.511. The summed E-state index contributed by atoms with van der Waals surface area (Å²) >= 11 is 0. The highest BCUT2D eigenvalue weighted by Crippen LogP contribution is 2.25. The highest BCUT2D eigenvalue weighted by molar-refractivity contribution is 5.93. The molecule has 0 bridgehead atoms. The Morgan fingerprint density at radius 1 is 1.24 bits per heavy atom. The Kier molecular flexibility index (Phi) is 3.86. The standard InChI is InChI=1S/C15H10N2O4/c1-2-10-4-3-5-11(8-10)16-12-6-7-13(15(18)19)14(9-12)17(20)21/h1,3-9,16H,(H,18,19). The number of nitrogens with zero attached hydrogens (tertiary/aromatic N) is 1. The lowest BCUT2D eigenvalue weighted by Crippen LogP contribution is -2.03. The Bertz CT molecular complexity index is 763. The van der Waals surface area contributed by atoms with Gasteiger partial charge >= 0.3 is 5.97 Å². The van der Waals surface area contributed by atoms with Gasteiger partial charge in [0, 0.05) is 23.0 Å². The minimum absolute atomic E-state index is 0.358. The molecule has 21 heavy (non-hydrogen) atoms. The maximum atomic E-state index is 10.9. The van der Waals surface area contributed by atoms with Crippen LogP contribution in [0.4, 0.5) is 17.1 Å². The van der Waals surface area contributed by atoms with Crippen LogP contribution in [0.2, 0.25) is 0 Å². The van der Waals surface area contributed by atoms with Gasteiger partial charge in [0.05, 0.1) is 4.92 Å². The van der Waals surface area contributed by atoms with Gasteiger partial charge in [-0.2, -0.15) is 0 Å². The third-order valence-electron chi connectivity index (χ3n) is 2.74. The first-order chi connectivity index (χ1) is 10.0. The molecular weight excluding hydrogens is 272 g/mol. The van der Waals surface area contributed by atoms with E-state index in [9.17, 15) is 14.9 Å². The van der Waals surface area contributed by atoms with Gasteiger partial charge in [-0.1, -0.05) is 12.0 Å². The van der Waals surface area contributed by atoms with Crippen molar-refractivity contribution in [3.63, 3.8) is 0 Å². The van der Waals surface area contributed by atoms with Crippen molar-refractivity contribution in [3.8, 4) is 12.3 Å². The summed E-state index contributed by atoms with van der Waals surface area (Å²) in [6.45, 7) is 0. The van der Waals surface area contributed by atoms with Crippen LogP contribution in [0.25, 0.3) is 0 Å². The summed E-state index contributed by atoms with van der Waals surface area (Å²) in [5, 5.41) is 22.8. The number of aromatic carboxylic acids is 1. The van der Waals surface area contributed by atoms with Crippen molar-refractivity contribution in [1.82, 2.24) is 0 Å². The first-order valence-corrected chi connectivity index (χ1v) is 5.86. The predicted molar refractivity (Wildman–Crippen MR) is 77.7 cm³/mol. The minimum atomic E-state index is -1.34. The van der Waals surface area contributed by atoms with Crippen molar-refractivity contribution in [2.45, 2.75) is 0 Å². The summed E-state index contributed by atoms with van der Waals surface area (Å²) in [4.78, 5) is 21.1. The first-order valence-electron chi connectivity index (χ1n) is 5.86. The van der Waals surface area contributed by atoms with E-state index in [0.29, 0.717) is 16.9 Å². The predicted octanol–water partition coefficient (Wildman–Crippen LogP) is 3.02. The largest absolute Gasteiger partial charge is 0.477 e. The third kappa shape index (κ3) is 3.16. The number of hydrogen-bond donors (Lipinski definition) is 2. The first kappa shape index (κ1) is 14.1. The average molecular weight is 282 g/mol. The van der Waals surface area contributed by atoms with Crippen molar-refractivity contribution in [1.29, 1.82) is 0 Å². The second kappa shape index (κ2) is 5.75. The van der Waals surface area contributed by atoms with Crippen LogP contribution in [-0.4, -0.2) is 16.0 Å². The zero-order valence-electron chi connectivity index (χ0n) is 10.7. The summed E-state index contributed by atoms with van der Waals surface area (Å²) in [7, 11) is 0. The molecule has 2 rings (SSSR count). The number of rotatable bonds is 4. The molecule has 0 aliphatic rings. The molecule has 0 aromatic heterocycles. The van der Waals surface area contributed by atoms with E-state index in [1.54, 1.807) is 24.3 Å². The normalized spacial score (nSPS) is 9.67. The molecule has 0 aliphatic carbocycles. The molecule has 2 aromatic rings. The molecule has 104 valence electrons. The van der Waals surface area contributed by atoms with E-state index in [-0.39, 0.29) is 5.56 Å². The second-order valence-corrected chi connectivity index (χ2v) is 4.14. The van der Waals surface area contributed by atoms with Crippen LogP contribution in [0.3, 0.4) is 0 Å². The van der Waals surface area contributed by atoms with Gasteiger partial charge in [-0.3, -0.25) is 10.1 Å². The molecule has 0 unspecified atom stereocenters. The van der Waals surface area contributed by atoms with Crippen molar-refractivity contribution in [2.24, 2.45) is 0 Å². The molecule has 2 N–H and O–H groups in total. The van der Waals surface area contributed by atoms with Gasteiger partial charge in [0.25, 0.3) is 5.69 Å². The molecule has 0 saturated carbocycles. The summed E-state index contributed by atoms with van der Waals surface area (Å²) in [6, 6.07) is 10.8. The average Bonchev–Trinajstić information content (AvgIpc) is 2.47. The van der Waals surface area contributed by atoms with E-state index in [1.807, 2.05) is 0 Å². The zero-order chi connectivity index (χ0) is 15.4. The fourth-order valence-corrected chi connectivity index (χ4v) is 1.79. The maximum Gasteiger partial charge on any atom is 0.342 e. The van der Waals surface area contributed by atoms with Gasteiger partial charge < -0.3 is 10.4 Å².